The lowest BCUT2D eigenvalue weighted by Crippen LogP contribution is -2.30. The van der Waals surface area contributed by atoms with E-state index in [0.717, 1.165) is 74.2 Å². The molecule has 4 rings (SSSR count). The van der Waals surface area contributed by atoms with Crippen LogP contribution in [0, 0.1) is 6.92 Å². The lowest BCUT2D eigenvalue weighted by Gasteiger charge is -2.25. The Morgan fingerprint density at radius 2 is 0.971 bits per heavy atom. The van der Waals surface area contributed by atoms with Gasteiger partial charge in [-0.25, -0.2) is 0 Å². The third-order valence-electron chi connectivity index (χ3n) is 5.62. The highest BCUT2D eigenvalue weighted by molar-refractivity contribution is 5.11. The highest BCUT2D eigenvalue weighted by Gasteiger charge is 2.13. The van der Waals surface area contributed by atoms with Gasteiger partial charge in [-0.3, -0.25) is 29.7 Å². The van der Waals surface area contributed by atoms with E-state index in [-0.39, 0.29) is 0 Å². The van der Waals surface area contributed by atoms with Gasteiger partial charge in [-0.05, 0) is 61.9 Å². The van der Waals surface area contributed by atoms with E-state index in [1.54, 1.807) is 0 Å². The van der Waals surface area contributed by atoms with Crippen molar-refractivity contribution in [3.8, 4) is 0 Å². The summed E-state index contributed by atoms with van der Waals surface area (Å²) in [4.78, 5) is 23.2. The number of hydrogen-bond donors (Lipinski definition) is 0. The predicted molar refractivity (Wildman–Crippen MR) is 135 cm³/mol. The molecule has 34 heavy (non-hydrogen) atoms. The first kappa shape index (κ1) is 23.7. The zero-order valence-electron chi connectivity index (χ0n) is 19.8. The largest absolute Gasteiger partial charge is 0.292 e. The summed E-state index contributed by atoms with van der Waals surface area (Å²) < 4.78 is 0. The zero-order valence-corrected chi connectivity index (χ0v) is 19.8. The topological polar surface area (TPSA) is 58.0 Å². The summed E-state index contributed by atoms with van der Waals surface area (Å²) in [5.74, 6) is 0. The third kappa shape index (κ3) is 7.83. The number of pyridine rings is 4. The quantitative estimate of drug-likeness (QED) is 0.311. The van der Waals surface area contributed by atoms with Crippen LogP contribution < -0.4 is 0 Å². The summed E-state index contributed by atoms with van der Waals surface area (Å²) in [5.41, 5.74) is 5.37. The van der Waals surface area contributed by atoms with Gasteiger partial charge in [0.1, 0.15) is 0 Å². The highest BCUT2D eigenvalue weighted by Crippen LogP contribution is 2.11. The molecule has 0 fully saturated rings. The summed E-state index contributed by atoms with van der Waals surface area (Å²) in [6.45, 7) is 7.16. The predicted octanol–water partition coefficient (Wildman–Crippen LogP) is 4.67. The van der Waals surface area contributed by atoms with Crippen molar-refractivity contribution in [3.63, 3.8) is 0 Å². The van der Waals surface area contributed by atoms with Crippen LogP contribution in [0.25, 0.3) is 0 Å². The molecule has 4 heterocycles. The molecule has 0 atom stereocenters. The Bertz CT molecular complexity index is 1060. The molecule has 0 aliphatic heterocycles. The Morgan fingerprint density at radius 1 is 0.529 bits per heavy atom. The number of aryl methyl sites for hydroxylation is 1. The smallest absolute Gasteiger partial charge is 0.0547 e. The Kier molecular flexibility index (Phi) is 8.83. The summed E-state index contributed by atoms with van der Waals surface area (Å²) >= 11 is 0. The summed E-state index contributed by atoms with van der Waals surface area (Å²) in [5, 5.41) is 0. The van der Waals surface area contributed by atoms with Crippen LogP contribution in [0.2, 0.25) is 0 Å². The average Bonchev–Trinajstić information content (AvgIpc) is 2.86. The zero-order chi connectivity index (χ0) is 23.4. The summed E-state index contributed by atoms with van der Waals surface area (Å²) in [6, 6.07) is 24.5. The third-order valence-corrected chi connectivity index (χ3v) is 5.62. The molecule has 6 nitrogen and oxygen atoms in total. The molecule has 0 radical (unpaired) electrons. The fourth-order valence-electron chi connectivity index (χ4n) is 4.02. The second-order valence-corrected chi connectivity index (χ2v) is 8.51. The van der Waals surface area contributed by atoms with Crippen LogP contribution in [0.5, 0.6) is 0 Å². The molecular formula is C28H32N6. The van der Waals surface area contributed by atoms with E-state index in [4.69, 9.17) is 4.98 Å². The molecule has 0 aliphatic rings. The minimum Gasteiger partial charge on any atom is -0.292 e. The van der Waals surface area contributed by atoms with E-state index >= 15 is 0 Å². The van der Waals surface area contributed by atoms with Gasteiger partial charge < -0.3 is 0 Å². The molecule has 0 unspecified atom stereocenters. The normalized spacial score (nSPS) is 11.3. The highest BCUT2D eigenvalue weighted by atomic mass is 15.2. The molecule has 0 aliphatic carbocycles. The standard InChI is InChI=1S/C28H32N6/c1-24-10-8-14-28(32-24)23-34(22-27-13-4-7-17-31-27)19-9-18-33(20-25-11-2-5-15-29-25)21-26-12-3-6-16-30-26/h2-8,10-17H,9,18-23H2,1H3. The van der Waals surface area contributed by atoms with Gasteiger partial charge in [0, 0.05) is 63.6 Å². The van der Waals surface area contributed by atoms with Crippen LogP contribution in [0.4, 0.5) is 0 Å². The van der Waals surface area contributed by atoms with Gasteiger partial charge in [0.05, 0.1) is 22.8 Å². The molecule has 174 valence electrons. The van der Waals surface area contributed by atoms with Crippen molar-refractivity contribution in [2.75, 3.05) is 13.1 Å². The van der Waals surface area contributed by atoms with Gasteiger partial charge in [-0.2, -0.15) is 0 Å². The average molecular weight is 453 g/mol. The number of aromatic nitrogens is 4. The van der Waals surface area contributed by atoms with Gasteiger partial charge in [0.2, 0.25) is 0 Å². The first-order valence-corrected chi connectivity index (χ1v) is 11.8. The number of hydrogen-bond acceptors (Lipinski definition) is 6. The van der Waals surface area contributed by atoms with Gasteiger partial charge in [-0.15, -0.1) is 0 Å². The molecule has 0 bridgehead atoms. The van der Waals surface area contributed by atoms with Crippen LogP contribution in [0.1, 0.15) is 34.9 Å². The minimum absolute atomic E-state index is 0.803. The van der Waals surface area contributed by atoms with E-state index in [9.17, 15) is 0 Å². The summed E-state index contributed by atoms with van der Waals surface area (Å²) in [7, 11) is 0. The van der Waals surface area contributed by atoms with Crippen LogP contribution in [-0.4, -0.2) is 42.8 Å². The van der Waals surface area contributed by atoms with Crippen LogP contribution in [-0.2, 0) is 26.2 Å². The molecule has 0 N–H and O–H groups in total. The van der Waals surface area contributed by atoms with Crippen LogP contribution in [0.3, 0.4) is 0 Å². The van der Waals surface area contributed by atoms with Gasteiger partial charge >= 0.3 is 0 Å². The molecule has 4 aromatic heterocycles. The Balaban J connectivity index is 1.41. The van der Waals surface area contributed by atoms with Crippen molar-refractivity contribution in [2.45, 2.75) is 39.5 Å². The SMILES string of the molecule is Cc1cccc(CN(CCCN(Cc2ccccn2)Cc2ccccn2)Cc2ccccn2)n1. The van der Waals surface area contributed by atoms with E-state index in [1.165, 1.54) is 0 Å². The van der Waals surface area contributed by atoms with Crippen molar-refractivity contribution in [3.05, 3.63) is 120 Å². The monoisotopic (exact) mass is 452 g/mol. The van der Waals surface area contributed by atoms with E-state index in [2.05, 4.69) is 55.1 Å². The van der Waals surface area contributed by atoms with Gasteiger partial charge in [0.15, 0.2) is 0 Å². The minimum atomic E-state index is 0.803. The lowest BCUT2D eigenvalue weighted by atomic mass is 10.2. The summed E-state index contributed by atoms with van der Waals surface area (Å²) in [6.07, 6.45) is 6.60. The number of rotatable bonds is 12. The number of nitrogens with zero attached hydrogens (tertiary/aromatic N) is 6. The first-order chi connectivity index (χ1) is 16.7. The van der Waals surface area contributed by atoms with Gasteiger partial charge in [-0.1, -0.05) is 24.3 Å². The maximum absolute atomic E-state index is 4.72. The molecule has 0 aromatic carbocycles. The second kappa shape index (κ2) is 12.7. The lowest BCUT2D eigenvalue weighted by molar-refractivity contribution is 0.202. The van der Waals surface area contributed by atoms with E-state index in [1.807, 2.05) is 68.0 Å². The Morgan fingerprint density at radius 3 is 1.38 bits per heavy atom. The molecule has 0 saturated carbocycles. The molecule has 4 aromatic rings. The molecular weight excluding hydrogens is 420 g/mol. The van der Waals surface area contributed by atoms with Crippen molar-refractivity contribution in [1.29, 1.82) is 0 Å². The second-order valence-electron chi connectivity index (χ2n) is 8.51. The fraction of sp³-hybridized carbons (Fsp3) is 0.286. The molecule has 0 saturated heterocycles. The first-order valence-electron chi connectivity index (χ1n) is 11.8. The van der Waals surface area contributed by atoms with Crippen molar-refractivity contribution in [2.24, 2.45) is 0 Å². The van der Waals surface area contributed by atoms with E-state index < -0.39 is 0 Å². The molecule has 6 heteroatoms. The Labute approximate surface area is 202 Å². The van der Waals surface area contributed by atoms with Crippen molar-refractivity contribution >= 4 is 0 Å². The maximum atomic E-state index is 4.72. The van der Waals surface area contributed by atoms with Crippen LogP contribution in [0.15, 0.2) is 91.4 Å². The molecule has 0 spiro atoms. The van der Waals surface area contributed by atoms with Crippen molar-refractivity contribution in [1.82, 2.24) is 29.7 Å². The van der Waals surface area contributed by atoms with Gasteiger partial charge in [0.25, 0.3) is 0 Å². The molecule has 0 amide bonds. The van der Waals surface area contributed by atoms with Crippen LogP contribution >= 0.6 is 0 Å². The van der Waals surface area contributed by atoms with Crippen molar-refractivity contribution < 1.29 is 0 Å². The van der Waals surface area contributed by atoms with E-state index in [0.29, 0.717) is 0 Å². The fourth-order valence-corrected chi connectivity index (χ4v) is 4.02. The Hall–Kier alpha value is -3.48. The maximum Gasteiger partial charge on any atom is 0.0547 e.